The molecule has 1 aliphatic heterocycles. The largest absolute Gasteiger partial charge is 0.283 e. The van der Waals surface area contributed by atoms with Gasteiger partial charge in [0, 0.05) is 36.3 Å². The molecule has 0 radical (unpaired) electrons. The van der Waals surface area contributed by atoms with E-state index in [1.165, 1.54) is 21.7 Å². The molecule has 1 saturated heterocycles. The topological polar surface area (TPSA) is 83.5 Å². The van der Waals surface area contributed by atoms with E-state index in [0.29, 0.717) is 28.9 Å². The van der Waals surface area contributed by atoms with Gasteiger partial charge >= 0.3 is 0 Å². The number of thiazole rings is 1. The van der Waals surface area contributed by atoms with E-state index >= 15 is 0 Å². The molecule has 4 heterocycles. The number of aromatic nitrogens is 2. The summed E-state index contributed by atoms with van der Waals surface area (Å²) in [5.41, 5.74) is 1.76. The van der Waals surface area contributed by atoms with Crippen LogP contribution in [0.25, 0.3) is 10.2 Å². The Hall–Kier alpha value is -2.02. The van der Waals surface area contributed by atoms with Crippen LogP contribution in [0.3, 0.4) is 0 Å². The minimum absolute atomic E-state index is 0.0424. The first-order valence-electron chi connectivity index (χ1n) is 11.3. The van der Waals surface area contributed by atoms with Crippen molar-refractivity contribution in [2.75, 3.05) is 24.2 Å². The first kappa shape index (κ1) is 25.6. The lowest BCUT2D eigenvalue weighted by Gasteiger charge is -2.32. The molecule has 1 aliphatic rings. The van der Waals surface area contributed by atoms with Crippen molar-refractivity contribution < 1.29 is 13.2 Å². The highest BCUT2D eigenvalue weighted by atomic mass is 35.5. The van der Waals surface area contributed by atoms with Crippen molar-refractivity contribution in [3.05, 3.63) is 64.8 Å². The minimum Gasteiger partial charge on any atom is -0.283 e. The summed E-state index contributed by atoms with van der Waals surface area (Å²) in [6, 6.07) is 13.0. The zero-order chi connectivity index (χ0) is 25.3. The molecule has 3 aromatic heterocycles. The number of sulfonamides is 1. The molecule has 1 fully saturated rings. The van der Waals surface area contributed by atoms with E-state index in [1.54, 1.807) is 35.1 Å². The van der Waals surface area contributed by atoms with Gasteiger partial charge in [0.1, 0.15) is 4.21 Å². The summed E-state index contributed by atoms with van der Waals surface area (Å²) in [5, 5.41) is 0.639. The van der Waals surface area contributed by atoms with E-state index in [4.69, 9.17) is 16.6 Å². The van der Waals surface area contributed by atoms with Crippen LogP contribution in [0.1, 0.15) is 18.4 Å². The van der Waals surface area contributed by atoms with Gasteiger partial charge in [-0.05, 0) is 61.1 Å². The molecule has 12 heteroatoms. The highest BCUT2D eigenvalue weighted by Gasteiger charge is 2.35. The van der Waals surface area contributed by atoms with Crippen molar-refractivity contribution in [3.8, 4) is 0 Å². The predicted molar refractivity (Wildman–Crippen MR) is 148 cm³/mol. The number of hydrogen-bond donors (Lipinski definition) is 0. The van der Waals surface area contributed by atoms with Crippen LogP contribution in [-0.4, -0.2) is 47.9 Å². The second-order valence-electron chi connectivity index (χ2n) is 8.35. The number of benzene rings is 1. The van der Waals surface area contributed by atoms with Crippen molar-refractivity contribution in [1.82, 2.24) is 14.3 Å². The highest BCUT2D eigenvalue weighted by Crippen LogP contribution is 2.35. The van der Waals surface area contributed by atoms with Crippen molar-refractivity contribution >= 4 is 77.3 Å². The van der Waals surface area contributed by atoms with E-state index in [0.717, 1.165) is 32.0 Å². The lowest BCUT2D eigenvalue weighted by atomic mass is 9.96. The van der Waals surface area contributed by atoms with Crippen LogP contribution >= 0.6 is 46.0 Å². The fourth-order valence-corrected chi connectivity index (χ4v) is 8.81. The van der Waals surface area contributed by atoms with Gasteiger partial charge in [0.2, 0.25) is 5.91 Å². The van der Waals surface area contributed by atoms with Gasteiger partial charge in [0.15, 0.2) is 5.13 Å². The molecule has 0 unspecified atom stereocenters. The van der Waals surface area contributed by atoms with E-state index in [2.05, 4.69) is 11.1 Å². The van der Waals surface area contributed by atoms with Crippen LogP contribution in [0.4, 0.5) is 5.13 Å². The molecule has 7 nitrogen and oxygen atoms in total. The molecular formula is C24H23ClN4O3S4. The SMILES string of the molecule is CSc1ccc2nc(N(Cc3cccnc3)C(=O)C3CCN(S(=O)(=O)c4ccc(Cl)s4)CC3)sc2c1. The second kappa shape index (κ2) is 10.8. The number of hydrogen-bond acceptors (Lipinski definition) is 8. The average molecular weight is 579 g/mol. The third-order valence-corrected chi connectivity index (χ3v) is 11.5. The number of piperidine rings is 1. The molecule has 4 aromatic rings. The van der Waals surface area contributed by atoms with Gasteiger partial charge in [-0.3, -0.25) is 14.7 Å². The summed E-state index contributed by atoms with van der Waals surface area (Å²) < 4.78 is 29.1. The Morgan fingerprint density at radius 3 is 2.67 bits per heavy atom. The van der Waals surface area contributed by atoms with Gasteiger partial charge in [-0.25, -0.2) is 13.4 Å². The number of fused-ring (bicyclic) bond motifs is 1. The van der Waals surface area contributed by atoms with Crippen LogP contribution in [0.2, 0.25) is 4.34 Å². The highest BCUT2D eigenvalue weighted by molar-refractivity contribution is 7.98. The van der Waals surface area contributed by atoms with E-state index in [-0.39, 0.29) is 29.1 Å². The Morgan fingerprint density at radius 2 is 2.00 bits per heavy atom. The van der Waals surface area contributed by atoms with Gasteiger partial charge < -0.3 is 0 Å². The monoisotopic (exact) mass is 578 g/mol. The average Bonchev–Trinajstić information content (AvgIpc) is 3.53. The van der Waals surface area contributed by atoms with Gasteiger partial charge in [0.25, 0.3) is 10.0 Å². The Kier molecular flexibility index (Phi) is 7.66. The van der Waals surface area contributed by atoms with Gasteiger partial charge in [-0.2, -0.15) is 4.31 Å². The molecule has 0 atom stereocenters. The first-order valence-corrected chi connectivity index (χ1v) is 15.9. The van der Waals surface area contributed by atoms with Crippen LogP contribution < -0.4 is 4.90 Å². The number of halogens is 1. The molecule has 0 N–H and O–H groups in total. The van der Waals surface area contributed by atoms with Crippen molar-refractivity contribution in [3.63, 3.8) is 0 Å². The molecule has 1 aromatic carbocycles. The number of carbonyl (C=O) groups excluding carboxylic acids is 1. The fourth-order valence-electron chi connectivity index (χ4n) is 4.18. The maximum atomic E-state index is 13.8. The van der Waals surface area contributed by atoms with E-state index < -0.39 is 10.0 Å². The van der Waals surface area contributed by atoms with Crippen molar-refractivity contribution in [2.45, 2.75) is 28.5 Å². The lowest BCUT2D eigenvalue weighted by Crippen LogP contribution is -2.44. The first-order chi connectivity index (χ1) is 17.3. The van der Waals surface area contributed by atoms with Crippen molar-refractivity contribution in [1.29, 1.82) is 0 Å². The third kappa shape index (κ3) is 5.32. The standard InChI is InChI=1S/C24H23ClN4O3S4/c1-33-18-4-5-19-20(13-18)34-24(27-19)29(15-16-3-2-10-26-14-16)23(30)17-8-11-28(12-9-17)36(31,32)22-7-6-21(25)35-22/h2-7,10,13-14,17H,8-9,11-12,15H2,1H3. The van der Waals surface area contributed by atoms with Crippen LogP contribution in [0, 0.1) is 5.92 Å². The summed E-state index contributed by atoms with van der Waals surface area (Å²) in [6.45, 7) is 0.923. The lowest BCUT2D eigenvalue weighted by molar-refractivity contribution is -0.123. The summed E-state index contributed by atoms with van der Waals surface area (Å²) in [6.07, 6.45) is 6.38. The molecule has 36 heavy (non-hydrogen) atoms. The zero-order valence-corrected chi connectivity index (χ0v) is 23.4. The molecule has 188 valence electrons. The Morgan fingerprint density at radius 1 is 1.19 bits per heavy atom. The third-order valence-electron chi connectivity index (χ3n) is 6.09. The van der Waals surface area contributed by atoms with Gasteiger partial charge in [-0.1, -0.05) is 29.0 Å². The molecule has 5 rings (SSSR count). The summed E-state index contributed by atoms with van der Waals surface area (Å²) in [4.78, 5) is 25.7. The van der Waals surface area contributed by atoms with Crippen LogP contribution in [-0.2, 0) is 21.4 Å². The Labute approximate surface area is 227 Å². The fraction of sp³-hybridized carbons (Fsp3) is 0.292. The van der Waals surface area contributed by atoms with Gasteiger partial charge in [0.05, 0.1) is 21.1 Å². The number of amides is 1. The van der Waals surface area contributed by atoms with Gasteiger partial charge in [-0.15, -0.1) is 23.1 Å². The molecule has 0 bridgehead atoms. The normalized spacial score (nSPS) is 15.4. The summed E-state index contributed by atoms with van der Waals surface area (Å²) in [5.74, 6) is -0.340. The number of pyridine rings is 1. The smallest absolute Gasteiger partial charge is 0.252 e. The minimum atomic E-state index is -3.61. The quantitative estimate of drug-likeness (QED) is 0.259. The predicted octanol–water partition coefficient (Wildman–Crippen LogP) is 5.76. The maximum absolute atomic E-state index is 13.8. The second-order valence-corrected chi connectivity index (χ2v) is 14.1. The summed E-state index contributed by atoms with van der Waals surface area (Å²) >= 11 is 10.2. The molecule has 0 saturated carbocycles. The number of nitrogens with zero attached hydrogens (tertiary/aromatic N) is 4. The maximum Gasteiger partial charge on any atom is 0.252 e. The molecule has 0 spiro atoms. The van der Waals surface area contributed by atoms with E-state index in [9.17, 15) is 13.2 Å². The molecule has 1 amide bonds. The number of thiophene rings is 1. The van der Waals surface area contributed by atoms with E-state index in [1.807, 2.05) is 30.5 Å². The number of carbonyl (C=O) groups is 1. The van der Waals surface area contributed by atoms with Crippen LogP contribution in [0.15, 0.2) is 64.0 Å². The van der Waals surface area contributed by atoms with Crippen molar-refractivity contribution in [2.24, 2.45) is 5.92 Å². The van der Waals surface area contributed by atoms with Crippen LogP contribution in [0.5, 0.6) is 0 Å². The zero-order valence-electron chi connectivity index (χ0n) is 19.3. The molecular weight excluding hydrogens is 556 g/mol. The molecule has 0 aliphatic carbocycles. The number of anilines is 1. The number of rotatable bonds is 7. The Balaban J connectivity index is 1.38. The summed E-state index contributed by atoms with van der Waals surface area (Å²) in [7, 11) is -3.61. The number of thioether (sulfide) groups is 1. The Bertz CT molecular complexity index is 1480.